The van der Waals surface area contributed by atoms with Crippen molar-refractivity contribution in [1.29, 1.82) is 0 Å². The van der Waals surface area contributed by atoms with Crippen LogP contribution in [0.15, 0.2) is 212 Å². The minimum absolute atomic E-state index is 0.0280. The second kappa shape index (κ2) is 44.3. The third kappa shape index (κ3) is 26.9. The number of H-pyrrole nitrogens is 3. The molecule has 0 unspecified atom stereocenters. The summed E-state index contributed by atoms with van der Waals surface area (Å²) in [5, 5.41) is 66.7. The molecule has 0 saturated heterocycles. The summed E-state index contributed by atoms with van der Waals surface area (Å²) < 4.78 is 1.57. The fraction of sp³-hybridized carbons (Fsp3) is 0.145. The van der Waals surface area contributed by atoms with Gasteiger partial charge >= 0.3 is 10.0 Å². The molecule has 7 N–H and O–H groups in total. The van der Waals surface area contributed by atoms with Gasteiger partial charge in [0.15, 0.2) is 40.8 Å². The number of halogens is 9. The van der Waals surface area contributed by atoms with Crippen LogP contribution in [0.5, 0.6) is 0 Å². The van der Waals surface area contributed by atoms with Gasteiger partial charge in [-0.1, -0.05) is 110 Å². The number of aromatic nitrogens is 16. The molecule has 0 bridgehead atoms. The van der Waals surface area contributed by atoms with Crippen LogP contribution in [0.1, 0.15) is 50.1 Å². The first-order valence-electron chi connectivity index (χ1n) is 36.4. The van der Waals surface area contributed by atoms with E-state index in [-0.39, 0.29) is 37.5 Å². The van der Waals surface area contributed by atoms with Crippen molar-refractivity contribution >= 4 is 247 Å². The van der Waals surface area contributed by atoms with E-state index < -0.39 is 19.7 Å². The summed E-state index contributed by atoms with van der Waals surface area (Å²) in [5.74, 6) is 8.57. The van der Waals surface area contributed by atoms with Gasteiger partial charge in [0.2, 0.25) is 0 Å². The quantitative estimate of drug-likeness (QED) is 0.0297. The standard InChI is InChI=1S/2C15H12ClN5O2S.2C8H3BrClN3O2S.C8H4BrClN2S.C8H5ClN2OS.C8H6N2OS.C6H9N3/c16-11-6-18-15(12-4-10(7-24-12)21(22)23)20-14(11)19-13-3-9(5-17-13)8-1-2-8;16-10-7-18-15(11-3-4-13(24-11)21(22)23)20-14(10)19-12-5-9(6-17-12)8-1-2-8;9-7-5(10)2-11-8(12-7)6-1-4(3-16-6)13(14)15;9-7-4(10)3-11-8(12-7)5-1-2-6(16-5)13(14)15;9-7-5(10)4-11-8(12-7)6-2-1-3-13-6;9-5-4-10-7(11-8(5)12)6-2-1-3-13-6;11-7-3-4-9-8(10-7)6-2-1-5-12-6;7-6-3-5(8-9-6)4-1-2-4/h3-4,6-8H,1-2,5H2,(H,17,18,19,20);3-5,7-8H,1-2,6H2,(H,17,18,19,20);2*1-3H;1-4H;1-4H,(H,10,11,12);1-5H,(H,9,10,11);3-4H,1-2H2,(H3,7,8,9). The van der Waals surface area contributed by atoms with E-state index >= 15 is 0 Å². The second-order valence-corrected chi connectivity index (χ2v) is 37.7. The molecule has 15 aromatic rings. The zero-order valence-electron chi connectivity index (χ0n) is 64.0. The summed E-state index contributed by atoms with van der Waals surface area (Å²) in [6.07, 6.45) is 22.0. The minimum atomic E-state index is -0.453. The summed E-state index contributed by atoms with van der Waals surface area (Å²) in [6.45, 7) is 1.44. The summed E-state index contributed by atoms with van der Waals surface area (Å²) in [4.78, 5) is 132. The van der Waals surface area contributed by atoms with Crippen molar-refractivity contribution in [3.05, 3.63) is 289 Å². The highest BCUT2D eigenvalue weighted by Gasteiger charge is 2.30. The van der Waals surface area contributed by atoms with Gasteiger partial charge in [0.1, 0.15) is 58.0 Å². The van der Waals surface area contributed by atoms with Crippen molar-refractivity contribution in [1.82, 2.24) is 80.0 Å². The molecule has 0 atom stereocenters. The van der Waals surface area contributed by atoms with E-state index in [1.807, 2.05) is 70.8 Å². The number of anilines is 3. The van der Waals surface area contributed by atoms with Crippen LogP contribution in [0.3, 0.4) is 0 Å². The minimum Gasteiger partial charge on any atom is -0.382 e. The number of hydrogen-bond donors (Lipinski definition) is 6. The maximum atomic E-state index is 11.1. The van der Waals surface area contributed by atoms with Crippen molar-refractivity contribution in [2.75, 3.05) is 29.5 Å². The Morgan fingerprint density at radius 2 is 0.835 bits per heavy atom. The Morgan fingerprint density at radius 1 is 0.433 bits per heavy atom. The van der Waals surface area contributed by atoms with Crippen LogP contribution in [0, 0.1) is 52.3 Å². The number of nitrogens with zero attached hydrogens (tertiary/aromatic N) is 19. The van der Waals surface area contributed by atoms with Gasteiger partial charge in [-0.25, -0.2) is 59.8 Å². The Labute approximate surface area is 799 Å². The maximum Gasteiger partial charge on any atom is 0.324 e. The van der Waals surface area contributed by atoms with E-state index in [1.165, 1.54) is 168 Å². The number of nitro groups is 4. The highest BCUT2D eigenvalue weighted by atomic mass is 79.9. The lowest BCUT2D eigenvalue weighted by Gasteiger charge is -2.06. The highest BCUT2D eigenvalue weighted by Crippen LogP contribution is 2.42. The molecule has 15 aromatic heterocycles. The first kappa shape index (κ1) is 93.9. The molecule has 3 fully saturated rings. The van der Waals surface area contributed by atoms with Crippen LogP contribution in [0.2, 0.25) is 30.1 Å². The Morgan fingerprint density at radius 3 is 1.20 bits per heavy atom. The molecule has 0 spiro atoms. The average molecular weight is 2150 g/mol. The van der Waals surface area contributed by atoms with Gasteiger partial charge in [0.05, 0.1) is 130 Å². The van der Waals surface area contributed by atoms with Crippen molar-refractivity contribution in [3.8, 4) is 74.9 Å². The third-order valence-corrected chi connectivity index (χ3v) is 27.8. The van der Waals surface area contributed by atoms with Crippen molar-refractivity contribution in [2.45, 2.75) is 44.4 Å². The molecule has 0 radical (unpaired) electrons. The number of aliphatic imine (C=N–C) groups is 2. The van der Waals surface area contributed by atoms with Crippen molar-refractivity contribution in [2.24, 2.45) is 21.8 Å². The number of nitrogens with one attached hydrogen (secondary N) is 5. The molecule has 127 heavy (non-hydrogen) atoms. The summed E-state index contributed by atoms with van der Waals surface area (Å²) in [6, 6.07) is 23.9. The van der Waals surface area contributed by atoms with Gasteiger partial charge < -0.3 is 26.3 Å². The molecule has 17 heterocycles. The Bertz CT molecular complexity index is 6500. The molecular weight excluding hydrogens is 2100 g/mol. The van der Waals surface area contributed by atoms with Gasteiger partial charge in [0, 0.05) is 54.2 Å². The number of amidine groups is 2. The smallest absolute Gasteiger partial charge is 0.324 e. The highest BCUT2D eigenvalue weighted by molar-refractivity contribution is 9.11. The normalized spacial score (nSPS) is 13.3. The predicted octanol–water partition coefficient (Wildman–Crippen LogP) is 23.1. The molecule has 20 rings (SSSR count). The molecule has 0 amide bonds. The van der Waals surface area contributed by atoms with E-state index in [1.54, 1.807) is 41.0 Å². The Balaban J connectivity index is 0.000000126. The largest absolute Gasteiger partial charge is 0.382 e. The first-order valence-corrected chi connectivity index (χ1v) is 47.1. The molecule has 5 aliphatic rings. The summed E-state index contributed by atoms with van der Waals surface area (Å²) in [5.41, 5.74) is 8.93. The van der Waals surface area contributed by atoms with E-state index in [0.29, 0.717) is 128 Å². The first-order chi connectivity index (χ1) is 61.1. The molecule has 3 saturated carbocycles. The van der Waals surface area contributed by atoms with Gasteiger partial charge in [-0.2, -0.15) is 5.10 Å². The lowest BCUT2D eigenvalue weighted by molar-refractivity contribution is -0.384. The number of nitrogens with two attached hydrogens (primary N) is 1. The van der Waals surface area contributed by atoms with Crippen molar-refractivity contribution < 1.29 is 19.7 Å². The number of aromatic amines is 3. The lowest BCUT2D eigenvalue weighted by Crippen LogP contribution is -2.09. The molecule has 51 heteroatoms. The molecule has 2 aliphatic heterocycles. The zero-order valence-corrected chi connectivity index (χ0v) is 79.0. The number of rotatable bonds is 16. The molecule has 3 aliphatic carbocycles. The maximum absolute atomic E-state index is 11.1. The van der Waals surface area contributed by atoms with Gasteiger partial charge in [-0.05, 0) is 168 Å². The molecular formula is C76H54Br3Cl6N25O10S7. The van der Waals surface area contributed by atoms with Crippen LogP contribution in [-0.2, 0) is 0 Å². The fourth-order valence-electron chi connectivity index (χ4n) is 10.6. The topological polar surface area (TPSA) is 496 Å². The fourth-order valence-corrected chi connectivity index (χ4v) is 17.2. The van der Waals surface area contributed by atoms with Crippen LogP contribution < -0.4 is 27.5 Å². The molecule has 648 valence electrons. The monoisotopic (exact) mass is 2150 g/mol. The summed E-state index contributed by atoms with van der Waals surface area (Å²) >= 11 is 53.9. The zero-order chi connectivity index (χ0) is 90.0. The van der Waals surface area contributed by atoms with Gasteiger partial charge in [0.25, 0.3) is 22.5 Å². The van der Waals surface area contributed by atoms with Crippen LogP contribution in [0.4, 0.5) is 38.8 Å². The number of hydrogen-bond acceptors (Lipinski definition) is 35. The molecule has 35 nitrogen and oxygen atoms in total. The second-order valence-electron chi connectivity index (χ2n) is 26.2. The molecule has 0 aromatic carbocycles. The Kier molecular flexibility index (Phi) is 32.8. The SMILES string of the molecule is Clc1cnc(-c2cccs2)nc1Br.Nc1cc(C2CC2)[nH]n1.O=[N+]([O-])c1ccc(-c2ncc(Cl)c(Br)n2)s1.O=[N+]([O-])c1ccc(-c2ncc(Cl)c(NC3=NCC(C4CC4)=C3)n2)s1.O=[N+]([O-])c1csc(-c2ncc(Cl)c(Br)n2)c1.O=[N+]([O-])c1csc(-c2ncc(Cl)c(NC3=NCC(C4CC4)=C3)n2)c1.O=c1[nH]c(-c2cccs2)ncc1Cl.O=c1ccnc(-c2cccs2)[nH]1. The van der Waals surface area contributed by atoms with Crippen LogP contribution in [0.25, 0.3) is 74.9 Å². The van der Waals surface area contributed by atoms with Crippen LogP contribution >= 0.6 is 197 Å². The predicted molar refractivity (Wildman–Crippen MR) is 511 cm³/mol. The summed E-state index contributed by atoms with van der Waals surface area (Å²) in [7, 11) is 0. The number of nitrogen functional groups attached to an aromatic ring is 1. The van der Waals surface area contributed by atoms with E-state index in [4.69, 9.17) is 75.3 Å². The van der Waals surface area contributed by atoms with Crippen molar-refractivity contribution in [3.63, 3.8) is 0 Å². The number of thiophene rings is 7. The van der Waals surface area contributed by atoms with E-state index in [2.05, 4.69) is 148 Å². The average Bonchev–Trinajstić information content (AvgIpc) is 1.39. The lowest BCUT2D eigenvalue weighted by atomic mass is 10.2. The van der Waals surface area contributed by atoms with Gasteiger partial charge in [-0.15, -0.1) is 56.7 Å². The van der Waals surface area contributed by atoms with Crippen LogP contribution in [-0.4, -0.2) is 124 Å². The van der Waals surface area contributed by atoms with E-state index in [9.17, 15) is 50.0 Å². The van der Waals surface area contributed by atoms with Gasteiger partial charge in [-0.3, -0.25) is 65.1 Å². The van der Waals surface area contributed by atoms with E-state index in [0.717, 1.165) is 68.0 Å². The Hall–Kier alpha value is -10.7. The third-order valence-electron chi connectivity index (χ3n) is 17.1.